The van der Waals surface area contributed by atoms with Crippen LogP contribution in [0.4, 0.5) is 5.69 Å². The van der Waals surface area contributed by atoms with Crippen LogP contribution in [0.3, 0.4) is 0 Å². The minimum Gasteiger partial charge on any atom is -0.497 e. The van der Waals surface area contributed by atoms with Gasteiger partial charge in [0.2, 0.25) is 0 Å². The van der Waals surface area contributed by atoms with Gasteiger partial charge in [0, 0.05) is 16.6 Å². The molecule has 9 nitrogen and oxygen atoms in total. The number of carbonyl (C=O) groups is 2. The van der Waals surface area contributed by atoms with E-state index in [1.807, 2.05) is 0 Å². The smallest absolute Gasteiger partial charge is 0.340 e. The van der Waals surface area contributed by atoms with E-state index in [0.29, 0.717) is 21.7 Å². The Morgan fingerprint density at radius 2 is 1.76 bits per heavy atom. The maximum atomic E-state index is 13.7. The van der Waals surface area contributed by atoms with Gasteiger partial charge in [0.25, 0.3) is 15.9 Å². The standard InChI is InChI=1S/C26H21ClN2O7S/c1-34-17-8-10-18(11-9-17)37(32,33)29-15-24(36-23-12-7-16(27)13-22(23)29)25(30)28-14-20(26(31)35-2)19-5-3-4-6-21(19)28/h3-14,24H,15H2,1-2H3/t24-/m1/s1. The molecule has 1 aliphatic heterocycles. The van der Waals surface area contributed by atoms with E-state index in [1.54, 1.807) is 30.3 Å². The third-order valence-electron chi connectivity index (χ3n) is 6.07. The Labute approximate surface area is 217 Å². The average Bonchev–Trinajstić information content (AvgIpc) is 3.31. The second-order valence-electron chi connectivity index (χ2n) is 8.19. The van der Waals surface area contributed by atoms with Crippen molar-refractivity contribution in [3.8, 4) is 11.5 Å². The number of para-hydroxylation sites is 1. The highest BCUT2D eigenvalue weighted by Crippen LogP contribution is 2.39. The van der Waals surface area contributed by atoms with Crippen LogP contribution in [0.25, 0.3) is 10.9 Å². The molecule has 3 aromatic carbocycles. The predicted molar refractivity (Wildman–Crippen MR) is 137 cm³/mol. The monoisotopic (exact) mass is 540 g/mol. The number of carbonyl (C=O) groups excluding carboxylic acids is 2. The van der Waals surface area contributed by atoms with Gasteiger partial charge in [-0.1, -0.05) is 29.8 Å². The lowest BCUT2D eigenvalue weighted by Crippen LogP contribution is -2.48. The van der Waals surface area contributed by atoms with Gasteiger partial charge in [-0.05, 0) is 48.5 Å². The average molecular weight is 541 g/mol. The number of methoxy groups -OCH3 is 2. The summed E-state index contributed by atoms with van der Waals surface area (Å²) in [6.07, 6.45) is 0.157. The first-order valence-electron chi connectivity index (χ1n) is 11.1. The first-order valence-corrected chi connectivity index (χ1v) is 12.9. The first kappa shape index (κ1) is 24.7. The minimum atomic E-state index is -4.12. The third kappa shape index (κ3) is 4.28. The van der Waals surface area contributed by atoms with E-state index < -0.39 is 28.0 Å². The Bertz CT molecular complexity index is 1630. The van der Waals surface area contributed by atoms with Crippen LogP contribution in [-0.2, 0) is 14.8 Å². The number of hydrogen-bond acceptors (Lipinski definition) is 7. The van der Waals surface area contributed by atoms with Crippen molar-refractivity contribution in [1.29, 1.82) is 0 Å². The van der Waals surface area contributed by atoms with E-state index in [9.17, 15) is 18.0 Å². The van der Waals surface area contributed by atoms with Gasteiger partial charge in [-0.15, -0.1) is 0 Å². The quantitative estimate of drug-likeness (QED) is 0.346. The van der Waals surface area contributed by atoms with Crippen LogP contribution in [0.15, 0.2) is 77.8 Å². The molecule has 0 bridgehead atoms. The minimum absolute atomic E-state index is 0.00622. The first-order chi connectivity index (χ1) is 17.7. The van der Waals surface area contributed by atoms with Crippen molar-refractivity contribution in [2.45, 2.75) is 11.0 Å². The predicted octanol–water partition coefficient (Wildman–Crippen LogP) is 4.39. The highest BCUT2D eigenvalue weighted by atomic mass is 35.5. The van der Waals surface area contributed by atoms with Crippen molar-refractivity contribution in [3.63, 3.8) is 0 Å². The summed E-state index contributed by atoms with van der Waals surface area (Å²) in [5.41, 5.74) is 0.875. The maximum Gasteiger partial charge on any atom is 0.340 e. The van der Waals surface area contributed by atoms with Gasteiger partial charge in [-0.25, -0.2) is 13.2 Å². The summed E-state index contributed by atoms with van der Waals surface area (Å²) >= 11 is 6.18. The molecule has 11 heteroatoms. The molecule has 1 atom stereocenters. The van der Waals surface area contributed by atoms with E-state index >= 15 is 0 Å². The molecule has 4 aromatic rings. The SMILES string of the molecule is COC(=O)c1cn(C(=O)[C@H]2CN(S(=O)(=O)c3ccc(OC)cc3)c3cc(Cl)ccc3O2)c2ccccc12. The second kappa shape index (κ2) is 9.45. The maximum absolute atomic E-state index is 13.7. The molecule has 0 N–H and O–H groups in total. The van der Waals surface area contributed by atoms with E-state index in [0.717, 1.165) is 4.31 Å². The van der Waals surface area contributed by atoms with E-state index in [2.05, 4.69) is 0 Å². The van der Waals surface area contributed by atoms with Crippen LogP contribution in [0, 0.1) is 0 Å². The number of aromatic nitrogens is 1. The van der Waals surface area contributed by atoms with E-state index in [1.165, 1.54) is 61.4 Å². The van der Waals surface area contributed by atoms with Crippen molar-refractivity contribution in [2.75, 3.05) is 25.1 Å². The summed E-state index contributed by atoms with van der Waals surface area (Å²) in [6.45, 7) is -0.319. The molecule has 0 radical (unpaired) electrons. The van der Waals surface area contributed by atoms with Gasteiger partial charge in [0.1, 0.15) is 11.5 Å². The second-order valence-corrected chi connectivity index (χ2v) is 10.5. The topological polar surface area (TPSA) is 104 Å². The number of benzene rings is 3. The Hall–Kier alpha value is -4.02. The number of nitrogens with zero attached hydrogens (tertiary/aromatic N) is 2. The fourth-order valence-corrected chi connectivity index (χ4v) is 5.88. The van der Waals surface area contributed by atoms with Crippen molar-refractivity contribution in [2.24, 2.45) is 0 Å². The largest absolute Gasteiger partial charge is 0.497 e. The summed E-state index contributed by atoms with van der Waals surface area (Å²) < 4.78 is 45.8. The normalized spacial score (nSPS) is 15.1. The molecule has 1 aliphatic rings. The molecule has 0 unspecified atom stereocenters. The number of rotatable bonds is 5. The molecule has 5 rings (SSSR count). The Kier molecular flexibility index (Phi) is 6.30. The van der Waals surface area contributed by atoms with Gasteiger partial charge in [0.15, 0.2) is 6.10 Å². The summed E-state index contributed by atoms with van der Waals surface area (Å²) in [5, 5.41) is 0.828. The number of fused-ring (bicyclic) bond motifs is 2. The molecule has 37 heavy (non-hydrogen) atoms. The number of esters is 1. The zero-order valence-corrected chi connectivity index (χ0v) is 21.3. The van der Waals surface area contributed by atoms with Crippen LogP contribution in [0.5, 0.6) is 11.5 Å². The lowest BCUT2D eigenvalue weighted by Gasteiger charge is -2.35. The fraction of sp³-hybridized carbons (Fsp3) is 0.154. The Morgan fingerprint density at radius 1 is 1.03 bits per heavy atom. The van der Waals surface area contributed by atoms with Crippen LogP contribution in [0.1, 0.15) is 15.2 Å². The highest BCUT2D eigenvalue weighted by molar-refractivity contribution is 7.92. The molecule has 2 heterocycles. The molecule has 0 saturated heterocycles. The summed E-state index contributed by atoms with van der Waals surface area (Å²) in [6, 6.07) is 17.3. The molecule has 1 aromatic heterocycles. The van der Waals surface area contributed by atoms with Crippen molar-refractivity contribution < 1.29 is 32.2 Å². The Balaban J connectivity index is 1.59. The number of sulfonamides is 1. The van der Waals surface area contributed by atoms with Crippen LogP contribution in [-0.4, -0.2) is 51.7 Å². The molecule has 190 valence electrons. The summed E-state index contributed by atoms with van der Waals surface area (Å²) in [5.74, 6) is -0.480. The lowest BCUT2D eigenvalue weighted by atomic mass is 10.2. The van der Waals surface area contributed by atoms with Gasteiger partial charge in [-0.3, -0.25) is 13.7 Å². The zero-order valence-electron chi connectivity index (χ0n) is 19.8. The molecular weight excluding hydrogens is 520 g/mol. The van der Waals surface area contributed by atoms with E-state index in [4.69, 9.17) is 25.8 Å². The summed E-state index contributed by atoms with van der Waals surface area (Å²) in [4.78, 5) is 26.1. The number of ether oxygens (including phenoxy) is 3. The van der Waals surface area contributed by atoms with Gasteiger partial charge < -0.3 is 14.2 Å². The third-order valence-corrected chi connectivity index (χ3v) is 8.10. The van der Waals surface area contributed by atoms with Crippen LogP contribution in [0.2, 0.25) is 5.02 Å². The zero-order chi connectivity index (χ0) is 26.3. The van der Waals surface area contributed by atoms with Crippen molar-refractivity contribution >= 4 is 50.1 Å². The molecule has 0 spiro atoms. The van der Waals surface area contributed by atoms with E-state index in [-0.39, 0.29) is 28.4 Å². The molecule has 0 fully saturated rings. The van der Waals surface area contributed by atoms with Gasteiger partial charge >= 0.3 is 5.97 Å². The molecular formula is C26H21ClN2O7S. The number of halogens is 1. The van der Waals surface area contributed by atoms with Gasteiger partial charge in [0.05, 0.1) is 42.4 Å². The number of anilines is 1. The van der Waals surface area contributed by atoms with Crippen molar-refractivity contribution in [3.05, 3.63) is 83.5 Å². The van der Waals surface area contributed by atoms with Gasteiger partial charge in [-0.2, -0.15) is 0 Å². The van der Waals surface area contributed by atoms with Crippen LogP contribution >= 0.6 is 11.6 Å². The van der Waals surface area contributed by atoms with Crippen molar-refractivity contribution in [1.82, 2.24) is 4.57 Å². The highest BCUT2D eigenvalue weighted by Gasteiger charge is 2.39. The fourth-order valence-electron chi connectivity index (χ4n) is 4.25. The summed E-state index contributed by atoms with van der Waals surface area (Å²) in [7, 11) is -1.38. The van der Waals surface area contributed by atoms with Crippen LogP contribution < -0.4 is 13.8 Å². The Morgan fingerprint density at radius 3 is 2.46 bits per heavy atom. The molecule has 0 saturated carbocycles. The molecule has 0 aliphatic carbocycles. The lowest BCUT2D eigenvalue weighted by molar-refractivity contribution is 0.0602. The number of hydrogen-bond donors (Lipinski definition) is 0. The molecule has 0 amide bonds.